The van der Waals surface area contributed by atoms with Crippen LogP contribution in [0, 0.1) is 13.8 Å². The number of rotatable bonds is 1. The van der Waals surface area contributed by atoms with Gasteiger partial charge in [-0.1, -0.05) is 6.07 Å². The summed E-state index contributed by atoms with van der Waals surface area (Å²) in [5, 5.41) is 2.39. The van der Waals surface area contributed by atoms with Crippen LogP contribution in [0.25, 0.3) is 0 Å². The van der Waals surface area contributed by atoms with Gasteiger partial charge >= 0.3 is 0 Å². The van der Waals surface area contributed by atoms with Crippen molar-refractivity contribution in [3.05, 3.63) is 29.3 Å². The highest BCUT2D eigenvalue weighted by Crippen LogP contribution is 2.25. The molecule has 4 heteroatoms. The van der Waals surface area contributed by atoms with Gasteiger partial charge in [0, 0.05) is 5.69 Å². The van der Waals surface area contributed by atoms with E-state index < -0.39 is 0 Å². The SMILES string of the molecule is Cc1cc(C)cc(N2C(C)C(=O)NC(=O)C2C)c1. The molecule has 0 aliphatic carbocycles. The third-order valence-electron chi connectivity index (χ3n) is 3.34. The molecule has 1 heterocycles. The quantitative estimate of drug-likeness (QED) is 0.765. The lowest BCUT2D eigenvalue weighted by molar-refractivity contribution is -0.134. The molecule has 0 aromatic heterocycles. The molecule has 1 saturated heterocycles. The number of benzene rings is 1. The summed E-state index contributed by atoms with van der Waals surface area (Å²) in [4.78, 5) is 25.3. The van der Waals surface area contributed by atoms with Gasteiger partial charge in [0.2, 0.25) is 11.8 Å². The predicted octanol–water partition coefficient (Wildman–Crippen LogP) is 1.54. The molecule has 0 saturated carbocycles. The van der Waals surface area contributed by atoms with Gasteiger partial charge in [-0.05, 0) is 51.0 Å². The zero-order valence-corrected chi connectivity index (χ0v) is 11.2. The zero-order valence-electron chi connectivity index (χ0n) is 11.2. The van der Waals surface area contributed by atoms with Crippen LogP contribution in [0.4, 0.5) is 5.69 Å². The summed E-state index contributed by atoms with van der Waals surface area (Å²) in [5.41, 5.74) is 3.18. The van der Waals surface area contributed by atoms with Gasteiger partial charge in [0.15, 0.2) is 0 Å². The molecular formula is C14H18N2O2. The number of nitrogens with zero attached hydrogens (tertiary/aromatic N) is 1. The number of hydrogen-bond donors (Lipinski definition) is 1. The highest BCUT2D eigenvalue weighted by molar-refractivity contribution is 6.06. The van der Waals surface area contributed by atoms with Crippen molar-refractivity contribution in [2.75, 3.05) is 4.90 Å². The minimum absolute atomic E-state index is 0.239. The first-order chi connectivity index (χ1) is 8.40. The van der Waals surface area contributed by atoms with Gasteiger partial charge in [-0.3, -0.25) is 14.9 Å². The maximum absolute atomic E-state index is 11.7. The molecule has 96 valence electrons. The maximum Gasteiger partial charge on any atom is 0.249 e. The lowest BCUT2D eigenvalue weighted by atomic mass is 10.0. The fraction of sp³-hybridized carbons (Fsp3) is 0.429. The van der Waals surface area contributed by atoms with E-state index in [4.69, 9.17) is 0 Å². The average Bonchev–Trinajstić information content (AvgIpc) is 2.25. The van der Waals surface area contributed by atoms with Crippen LogP contribution in [0.1, 0.15) is 25.0 Å². The van der Waals surface area contributed by atoms with Crippen LogP contribution >= 0.6 is 0 Å². The molecule has 18 heavy (non-hydrogen) atoms. The number of anilines is 1. The molecule has 0 bridgehead atoms. The van der Waals surface area contributed by atoms with Crippen LogP contribution in [-0.2, 0) is 9.59 Å². The predicted molar refractivity (Wildman–Crippen MR) is 70.5 cm³/mol. The Labute approximate surface area is 107 Å². The van der Waals surface area contributed by atoms with Crippen molar-refractivity contribution in [2.45, 2.75) is 39.8 Å². The minimum atomic E-state index is -0.334. The Bertz CT molecular complexity index is 470. The molecule has 1 aromatic carbocycles. The van der Waals surface area contributed by atoms with E-state index in [1.807, 2.05) is 44.7 Å². The Hall–Kier alpha value is -1.84. The van der Waals surface area contributed by atoms with E-state index in [-0.39, 0.29) is 23.9 Å². The second-order valence-corrected chi connectivity index (χ2v) is 4.96. The zero-order chi connectivity index (χ0) is 13.4. The smallest absolute Gasteiger partial charge is 0.249 e. The van der Waals surface area contributed by atoms with Crippen molar-refractivity contribution in [1.29, 1.82) is 0 Å². The molecule has 1 N–H and O–H groups in total. The molecule has 2 amide bonds. The second-order valence-electron chi connectivity index (χ2n) is 4.96. The van der Waals surface area contributed by atoms with Crippen molar-refractivity contribution < 1.29 is 9.59 Å². The van der Waals surface area contributed by atoms with Gasteiger partial charge in [0.25, 0.3) is 0 Å². The molecule has 0 radical (unpaired) electrons. The summed E-state index contributed by atoms with van der Waals surface area (Å²) in [5.74, 6) is -0.477. The standard InChI is InChI=1S/C14H18N2O2/c1-8-5-9(2)7-12(6-8)16-10(3)13(17)15-14(18)11(16)4/h5-7,10-11H,1-4H3,(H,15,17,18). The lowest BCUT2D eigenvalue weighted by Crippen LogP contribution is -2.61. The average molecular weight is 246 g/mol. The van der Waals surface area contributed by atoms with E-state index >= 15 is 0 Å². The number of amides is 2. The number of aryl methyl sites for hydroxylation is 2. The van der Waals surface area contributed by atoms with Crippen LogP contribution in [0.2, 0.25) is 0 Å². The summed E-state index contributed by atoms with van der Waals surface area (Å²) in [6, 6.07) is 5.42. The monoisotopic (exact) mass is 246 g/mol. The number of nitrogens with one attached hydrogen (secondary N) is 1. The van der Waals surface area contributed by atoms with Gasteiger partial charge in [-0.25, -0.2) is 0 Å². The summed E-state index contributed by atoms with van der Waals surface area (Å²) >= 11 is 0. The number of carbonyl (C=O) groups is 2. The molecule has 2 rings (SSSR count). The topological polar surface area (TPSA) is 49.4 Å². The lowest BCUT2D eigenvalue weighted by Gasteiger charge is -2.39. The third kappa shape index (κ3) is 2.10. The number of imide groups is 1. The fourth-order valence-electron chi connectivity index (χ4n) is 2.47. The van der Waals surface area contributed by atoms with Gasteiger partial charge in [0.1, 0.15) is 12.1 Å². The highest BCUT2D eigenvalue weighted by atomic mass is 16.2. The molecular weight excluding hydrogens is 228 g/mol. The van der Waals surface area contributed by atoms with Gasteiger partial charge in [-0.15, -0.1) is 0 Å². The molecule has 2 atom stereocenters. The molecule has 1 aliphatic rings. The summed E-state index contributed by atoms with van der Waals surface area (Å²) in [7, 11) is 0. The van der Waals surface area contributed by atoms with Crippen molar-refractivity contribution in [2.24, 2.45) is 0 Å². The molecule has 2 unspecified atom stereocenters. The summed E-state index contributed by atoms with van der Waals surface area (Å²) < 4.78 is 0. The van der Waals surface area contributed by atoms with E-state index in [1.54, 1.807) is 0 Å². The van der Waals surface area contributed by atoms with Crippen LogP contribution in [0.15, 0.2) is 18.2 Å². The Balaban J connectivity index is 2.45. The maximum atomic E-state index is 11.7. The van der Waals surface area contributed by atoms with Crippen LogP contribution in [0.3, 0.4) is 0 Å². The van der Waals surface area contributed by atoms with Crippen LogP contribution in [-0.4, -0.2) is 23.9 Å². The van der Waals surface area contributed by atoms with E-state index in [1.165, 1.54) is 0 Å². The van der Waals surface area contributed by atoms with Crippen molar-refractivity contribution in [3.8, 4) is 0 Å². The molecule has 1 aromatic rings. The number of hydrogen-bond acceptors (Lipinski definition) is 3. The third-order valence-corrected chi connectivity index (χ3v) is 3.34. The Kier molecular flexibility index (Phi) is 3.11. The second kappa shape index (κ2) is 4.44. The van der Waals surface area contributed by atoms with Gasteiger partial charge in [0.05, 0.1) is 0 Å². The van der Waals surface area contributed by atoms with Gasteiger partial charge in [-0.2, -0.15) is 0 Å². The van der Waals surface area contributed by atoms with Crippen molar-refractivity contribution in [3.63, 3.8) is 0 Å². The molecule has 1 fully saturated rings. The summed E-state index contributed by atoms with van der Waals surface area (Å²) in [6.07, 6.45) is 0. The van der Waals surface area contributed by atoms with Crippen molar-refractivity contribution >= 4 is 17.5 Å². The Morgan fingerprint density at radius 3 is 1.83 bits per heavy atom. The molecule has 1 aliphatic heterocycles. The largest absolute Gasteiger partial charge is 0.348 e. The number of piperazine rings is 1. The Morgan fingerprint density at radius 1 is 0.944 bits per heavy atom. The van der Waals surface area contributed by atoms with E-state index in [2.05, 4.69) is 11.4 Å². The minimum Gasteiger partial charge on any atom is -0.348 e. The van der Waals surface area contributed by atoms with E-state index in [0.29, 0.717) is 0 Å². The molecule has 0 spiro atoms. The van der Waals surface area contributed by atoms with Crippen molar-refractivity contribution in [1.82, 2.24) is 5.32 Å². The van der Waals surface area contributed by atoms with E-state index in [9.17, 15) is 9.59 Å². The summed E-state index contributed by atoms with van der Waals surface area (Å²) in [6.45, 7) is 7.65. The number of carbonyl (C=O) groups excluding carboxylic acids is 2. The first kappa shape index (κ1) is 12.6. The first-order valence-corrected chi connectivity index (χ1v) is 6.11. The normalized spacial score (nSPS) is 24.1. The first-order valence-electron chi connectivity index (χ1n) is 6.11. The highest BCUT2D eigenvalue weighted by Gasteiger charge is 2.36. The van der Waals surface area contributed by atoms with Crippen LogP contribution in [0.5, 0.6) is 0 Å². The van der Waals surface area contributed by atoms with Crippen LogP contribution < -0.4 is 10.2 Å². The molecule has 4 nitrogen and oxygen atoms in total. The van der Waals surface area contributed by atoms with Gasteiger partial charge < -0.3 is 4.90 Å². The van der Waals surface area contributed by atoms with E-state index in [0.717, 1.165) is 16.8 Å². The Morgan fingerprint density at radius 2 is 1.39 bits per heavy atom. The fourth-order valence-corrected chi connectivity index (χ4v) is 2.47.